The van der Waals surface area contributed by atoms with E-state index in [2.05, 4.69) is 33.0 Å². The van der Waals surface area contributed by atoms with Crippen LogP contribution < -0.4 is 5.32 Å². The van der Waals surface area contributed by atoms with Crippen LogP contribution in [0.4, 0.5) is 4.79 Å². The van der Waals surface area contributed by atoms with Crippen molar-refractivity contribution in [3.8, 4) is 0 Å². The van der Waals surface area contributed by atoms with E-state index in [9.17, 15) is 4.79 Å². The first-order chi connectivity index (χ1) is 7.83. The maximum atomic E-state index is 12.0. The Morgan fingerprint density at radius 2 is 1.94 bits per heavy atom. The summed E-state index contributed by atoms with van der Waals surface area (Å²) in [6.07, 6.45) is 2.04. The van der Waals surface area contributed by atoms with Gasteiger partial charge in [0.2, 0.25) is 0 Å². The number of rotatable bonds is 1. The van der Waals surface area contributed by atoms with Crippen LogP contribution in [0.25, 0.3) is 0 Å². The fourth-order valence-electron chi connectivity index (χ4n) is 2.82. The topological polar surface area (TPSA) is 41.6 Å². The SMILES string of the molecule is CC1(C2CCNCC2)CN(C(C)(C)C)C(=O)O1. The standard InChI is InChI=1S/C13H24N2O2/c1-12(2,3)15-9-13(4,17-11(15)16)10-5-7-14-8-6-10/h10,14H,5-9H2,1-4H3. The molecule has 2 aliphatic heterocycles. The fourth-order valence-corrected chi connectivity index (χ4v) is 2.82. The molecule has 2 saturated heterocycles. The number of amides is 1. The summed E-state index contributed by atoms with van der Waals surface area (Å²) in [6, 6.07) is 0. The Morgan fingerprint density at radius 1 is 1.35 bits per heavy atom. The maximum absolute atomic E-state index is 12.0. The Morgan fingerprint density at radius 3 is 2.41 bits per heavy atom. The predicted molar refractivity (Wildman–Crippen MR) is 66.9 cm³/mol. The molecule has 1 N–H and O–H groups in total. The van der Waals surface area contributed by atoms with E-state index < -0.39 is 0 Å². The molecule has 0 radical (unpaired) electrons. The minimum atomic E-state index is -0.299. The third kappa shape index (κ3) is 2.41. The summed E-state index contributed by atoms with van der Waals surface area (Å²) >= 11 is 0. The monoisotopic (exact) mass is 240 g/mol. The highest BCUT2D eigenvalue weighted by atomic mass is 16.6. The van der Waals surface area contributed by atoms with Crippen LogP contribution in [-0.4, -0.2) is 41.8 Å². The Balaban J connectivity index is 2.10. The quantitative estimate of drug-likeness (QED) is 0.762. The zero-order chi connectivity index (χ0) is 12.7. The highest BCUT2D eigenvalue weighted by molar-refractivity contribution is 5.71. The molecule has 0 aromatic heterocycles. The second kappa shape index (κ2) is 4.16. The molecule has 0 aromatic rings. The van der Waals surface area contributed by atoms with Gasteiger partial charge in [-0.05, 0) is 53.6 Å². The third-order valence-electron chi connectivity index (χ3n) is 4.03. The lowest BCUT2D eigenvalue weighted by Crippen LogP contribution is -2.47. The molecule has 2 fully saturated rings. The molecular weight excluding hydrogens is 216 g/mol. The van der Waals surface area contributed by atoms with Crippen LogP contribution >= 0.6 is 0 Å². The normalized spacial score (nSPS) is 31.8. The Labute approximate surface area is 104 Å². The van der Waals surface area contributed by atoms with Gasteiger partial charge in [0.15, 0.2) is 0 Å². The number of piperidine rings is 1. The van der Waals surface area contributed by atoms with Crippen LogP contribution in [0.2, 0.25) is 0 Å². The van der Waals surface area contributed by atoms with E-state index in [1.54, 1.807) is 0 Å². The van der Waals surface area contributed by atoms with Crippen LogP contribution in [0.15, 0.2) is 0 Å². The molecule has 2 rings (SSSR count). The number of carbonyl (C=O) groups excluding carboxylic acids is 1. The molecule has 1 atom stereocenters. The molecule has 1 unspecified atom stereocenters. The van der Waals surface area contributed by atoms with Gasteiger partial charge < -0.3 is 10.1 Å². The summed E-state index contributed by atoms with van der Waals surface area (Å²) < 4.78 is 5.69. The number of hydrogen-bond donors (Lipinski definition) is 1. The van der Waals surface area contributed by atoms with Crippen molar-refractivity contribution in [2.75, 3.05) is 19.6 Å². The van der Waals surface area contributed by atoms with Crippen LogP contribution in [-0.2, 0) is 4.74 Å². The Kier molecular flexibility index (Phi) is 3.10. The van der Waals surface area contributed by atoms with Gasteiger partial charge in [-0.2, -0.15) is 0 Å². The van der Waals surface area contributed by atoms with Crippen molar-refractivity contribution < 1.29 is 9.53 Å². The van der Waals surface area contributed by atoms with E-state index in [4.69, 9.17) is 4.74 Å². The van der Waals surface area contributed by atoms with Crippen molar-refractivity contribution in [1.29, 1.82) is 0 Å². The average Bonchev–Trinajstić information content (AvgIpc) is 2.57. The van der Waals surface area contributed by atoms with Gasteiger partial charge in [-0.25, -0.2) is 4.79 Å². The third-order valence-corrected chi connectivity index (χ3v) is 4.03. The molecule has 0 saturated carbocycles. The van der Waals surface area contributed by atoms with E-state index >= 15 is 0 Å². The largest absolute Gasteiger partial charge is 0.441 e. The van der Waals surface area contributed by atoms with Gasteiger partial charge in [-0.15, -0.1) is 0 Å². The highest BCUT2D eigenvalue weighted by Crippen LogP contribution is 2.37. The molecule has 0 aromatic carbocycles. The fraction of sp³-hybridized carbons (Fsp3) is 0.923. The van der Waals surface area contributed by atoms with Crippen LogP contribution in [0.3, 0.4) is 0 Å². The Hall–Kier alpha value is -0.770. The molecular formula is C13H24N2O2. The van der Waals surface area contributed by atoms with Gasteiger partial charge in [0.05, 0.1) is 6.54 Å². The van der Waals surface area contributed by atoms with Crippen molar-refractivity contribution in [2.24, 2.45) is 5.92 Å². The van der Waals surface area contributed by atoms with Crippen molar-refractivity contribution in [2.45, 2.75) is 51.7 Å². The molecule has 2 heterocycles. The first-order valence-electron chi connectivity index (χ1n) is 6.54. The second-order valence-corrected chi connectivity index (χ2v) is 6.46. The van der Waals surface area contributed by atoms with Crippen molar-refractivity contribution in [1.82, 2.24) is 10.2 Å². The van der Waals surface area contributed by atoms with Gasteiger partial charge in [0, 0.05) is 11.5 Å². The summed E-state index contributed by atoms with van der Waals surface area (Å²) in [6.45, 7) is 11.1. The summed E-state index contributed by atoms with van der Waals surface area (Å²) in [5.74, 6) is 0.486. The predicted octanol–water partition coefficient (Wildman–Crippen LogP) is 2.00. The summed E-state index contributed by atoms with van der Waals surface area (Å²) in [5, 5.41) is 3.35. The number of ether oxygens (including phenoxy) is 1. The minimum Gasteiger partial charge on any atom is -0.441 e. The van der Waals surface area contributed by atoms with E-state index in [1.165, 1.54) is 0 Å². The molecule has 0 spiro atoms. The van der Waals surface area contributed by atoms with E-state index in [0.717, 1.165) is 32.5 Å². The molecule has 0 aliphatic carbocycles. The van der Waals surface area contributed by atoms with E-state index in [0.29, 0.717) is 5.92 Å². The average molecular weight is 240 g/mol. The zero-order valence-electron chi connectivity index (χ0n) is 11.4. The lowest BCUT2D eigenvalue weighted by molar-refractivity contribution is 0.00928. The number of hydrogen-bond acceptors (Lipinski definition) is 3. The van der Waals surface area contributed by atoms with Crippen molar-refractivity contribution in [3.63, 3.8) is 0 Å². The maximum Gasteiger partial charge on any atom is 0.410 e. The van der Waals surface area contributed by atoms with Crippen LogP contribution in [0.5, 0.6) is 0 Å². The summed E-state index contributed by atoms with van der Waals surface area (Å²) in [7, 11) is 0. The minimum absolute atomic E-state index is 0.151. The van der Waals surface area contributed by atoms with Crippen LogP contribution in [0, 0.1) is 5.92 Å². The summed E-state index contributed by atoms with van der Waals surface area (Å²) in [5.41, 5.74) is -0.450. The zero-order valence-corrected chi connectivity index (χ0v) is 11.4. The Bertz CT molecular complexity index is 305. The number of carbonyl (C=O) groups is 1. The molecule has 1 amide bonds. The van der Waals surface area contributed by atoms with Gasteiger partial charge >= 0.3 is 6.09 Å². The van der Waals surface area contributed by atoms with Crippen molar-refractivity contribution in [3.05, 3.63) is 0 Å². The number of nitrogens with zero attached hydrogens (tertiary/aromatic N) is 1. The smallest absolute Gasteiger partial charge is 0.410 e. The first kappa shape index (κ1) is 12.7. The number of cyclic esters (lactones) is 1. The summed E-state index contributed by atoms with van der Waals surface area (Å²) in [4.78, 5) is 13.8. The number of nitrogens with one attached hydrogen (secondary N) is 1. The highest BCUT2D eigenvalue weighted by Gasteiger charge is 2.49. The lowest BCUT2D eigenvalue weighted by Gasteiger charge is -2.36. The van der Waals surface area contributed by atoms with E-state index in [-0.39, 0.29) is 17.2 Å². The second-order valence-electron chi connectivity index (χ2n) is 6.46. The van der Waals surface area contributed by atoms with Gasteiger partial charge in [-0.1, -0.05) is 0 Å². The van der Waals surface area contributed by atoms with Gasteiger partial charge in [-0.3, -0.25) is 4.90 Å². The molecule has 4 nitrogen and oxygen atoms in total. The molecule has 2 aliphatic rings. The lowest BCUT2D eigenvalue weighted by atomic mass is 9.82. The van der Waals surface area contributed by atoms with Crippen molar-refractivity contribution >= 4 is 6.09 Å². The molecule has 4 heteroatoms. The van der Waals surface area contributed by atoms with E-state index in [1.807, 2.05) is 4.90 Å². The molecule has 17 heavy (non-hydrogen) atoms. The first-order valence-corrected chi connectivity index (χ1v) is 6.54. The molecule has 0 bridgehead atoms. The van der Waals surface area contributed by atoms with Crippen LogP contribution in [0.1, 0.15) is 40.5 Å². The van der Waals surface area contributed by atoms with Gasteiger partial charge in [0.1, 0.15) is 5.60 Å². The van der Waals surface area contributed by atoms with Gasteiger partial charge in [0.25, 0.3) is 0 Å². The molecule has 98 valence electrons.